The number of rotatable bonds is 7. The van der Waals surface area contributed by atoms with Crippen molar-refractivity contribution in [2.45, 2.75) is 20.0 Å². The topological polar surface area (TPSA) is 55.8 Å². The molecule has 1 heterocycles. The van der Waals surface area contributed by atoms with Crippen LogP contribution in [0.25, 0.3) is 0 Å². The molecule has 0 fully saturated rings. The average Bonchev–Trinajstić information content (AvgIpc) is 2.90. The molecule has 0 saturated carbocycles. The molecule has 0 aromatic carbocycles. The van der Waals surface area contributed by atoms with Crippen LogP contribution in [-0.4, -0.2) is 24.3 Å². The van der Waals surface area contributed by atoms with Crippen LogP contribution >= 0.6 is 11.3 Å². The van der Waals surface area contributed by atoms with Gasteiger partial charge in [0.15, 0.2) is 0 Å². The van der Waals surface area contributed by atoms with Gasteiger partial charge in [-0.1, -0.05) is 6.07 Å². The molecule has 104 valence electrons. The monoisotopic (exact) mass is 282 g/mol. The molecule has 0 radical (unpaired) electrons. The number of carbonyl (C=O) groups is 1. The van der Waals surface area contributed by atoms with Gasteiger partial charge in [0.2, 0.25) is 0 Å². The minimum atomic E-state index is -0.703. The first kappa shape index (κ1) is 15.5. The van der Waals surface area contributed by atoms with Crippen LogP contribution in [-0.2, 0) is 14.3 Å². The van der Waals surface area contributed by atoms with Crippen LogP contribution in [0.15, 0.2) is 41.5 Å². The van der Waals surface area contributed by atoms with Crippen LogP contribution in [0.3, 0.4) is 0 Å². The van der Waals surface area contributed by atoms with Gasteiger partial charge in [0, 0.05) is 4.88 Å². The molecule has 1 rings (SSSR count). The van der Waals surface area contributed by atoms with Crippen LogP contribution in [0, 0.1) is 0 Å². The molecule has 1 unspecified atom stereocenters. The van der Waals surface area contributed by atoms with E-state index in [9.17, 15) is 9.90 Å². The number of thiophene rings is 1. The Hall–Kier alpha value is -1.59. The largest absolute Gasteiger partial charge is 0.494 e. The third kappa shape index (κ3) is 5.72. The van der Waals surface area contributed by atoms with Gasteiger partial charge in [0.1, 0.15) is 11.9 Å². The maximum absolute atomic E-state index is 11.3. The fourth-order valence-corrected chi connectivity index (χ4v) is 2.03. The fourth-order valence-electron chi connectivity index (χ4n) is 1.35. The summed E-state index contributed by atoms with van der Waals surface area (Å²) in [5.74, 6) is -0.0854. The molecule has 0 bridgehead atoms. The van der Waals surface area contributed by atoms with Crippen LogP contribution in [0.5, 0.6) is 0 Å². The zero-order valence-electron chi connectivity index (χ0n) is 11.0. The summed E-state index contributed by atoms with van der Waals surface area (Å²) in [7, 11) is 0. The van der Waals surface area contributed by atoms with Gasteiger partial charge in [-0.2, -0.15) is 0 Å². The van der Waals surface area contributed by atoms with E-state index in [0.717, 1.165) is 4.88 Å². The lowest BCUT2D eigenvalue weighted by Crippen LogP contribution is -2.02. The Morgan fingerprint density at radius 1 is 1.42 bits per heavy atom. The maximum Gasteiger partial charge on any atom is 0.334 e. The van der Waals surface area contributed by atoms with E-state index in [1.807, 2.05) is 24.4 Å². The summed E-state index contributed by atoms with van der Waals surface area (Å²) < 4.78 is 10.1. The van der Waals surface area contributed by atoms with Crippen LogP contribution in [0.2, 0.25) is 0 Å². The quantitative estimate of drug-likeness (QED) is 0.361. The van der Waals surface area contributed by atoms with E-state index >= 15 is 0 Å². The molecule has 0 aliphatic rings. The molecule has 19 heavy (non-hydrogen) atoms. The van der Waals surface area contributed by atoms with E-state index in [1.165, 1.54) is 17.4 Å². The Kier molecular flexibility index (Phi) is 6.92. The summed E-state index contributed by atoms with van der Waals surface area (Å²) in [6.45, 7) is 4.31. The lowest BCUT2D eigenvalue weighted by atomic mass is 10.2. The van der Waals surface area contributed by atoms with Gasteiger partial charge in [0.25, 0.3) is 0 Å². The Morgan fingerprint density at radius 2 is 2.16 bits per heavy atom. The standard InChI is InChI=1S/C14H18O4S/c1-3-17-11(10-14(16)18-4-2)7-8-12(15)13-6-5-9-19-13/h5-10,12,15H,3-4H2,1-2H3/b8-7+,11-10+. The molecule has 0 spiro atoms. The van der Waals surface area contributed by atoms with E-state index in [-0.39, 0.29) is 0 Å². The van der Waals surface area contributed by atoms with Gasteiger partial charge in [-0.3, -0.25) is 0 Å². The highest BCUT2D eigenvalue weighted by Crippen LogP contribution is 2.20. The van der Waals surface area contributed by atoms with Gasteiger partial charge >= 0.3 is 5.97 Å². The molecule has 0 aliphatic carbocycles. The minimum Gasteiger partial charge on any atom is -0.494 e. The number of aliphatic hydroxyl groups excluding tert-OH is 1. The molecule has 1 N–H and O–H groups in total. The van der Waals surface area contributed by atoms with Crippen molar-refractivity contribution < 1.29 is 19.4 Å². The van der Waals surface area contributed by atoms with Crippen molar-refractivity contribution in [2.75, 3.05) is 13.2 Å². The molecular formula is C14H18O4S. The molecule has 5 heteroatoms. The number of carbonyl (C=O) groups excluding carboxylic acids is 1. The minimum absolute atomic E-state index is 0.316. The summed E-state index contributed by atoms with van der Waals surface area (Å²) in [5.41, 5.74) is 0. The van der Waals surface area contributed by atoms with Crippen molar-refractivity contribution in [3.05, 3.63) is 46.4 Å². The molecule has 1 aromatic heterocycles. The van der Waals surface area contributed by atoms with Crippen molar-refractivity contribution in [1.29, 1.82) is 0 Å². The number of allylic oxidation sites excluding steroid dienone is 1. The highest BCUT2D eigenvalue weighted by Gasteiger charge is 2.05. The number of esters is 1. The molecule has 1 aromatic rings. The molecule has 0 aliphatic heterocycles. The summed E-state index contributed by atoms with van der Waals surface area (Å²) >= 11 is 1.46. The van der Waals surface area contributed by atoms with E-state index in [4.69, 9.17) is 9.47 Å². The summed E-state index contributed by atoms with van der Waals surface area (Å²) in [4.78, 5) is 12.2. The predicted octanol–water partition coefficient (Wildman–Crippen LogP) is 2.82. The predicted molar refractivity (Wildman–Crippen MR) is 74.8 cm³/mol. The Bertz CT molecular complexity index is 434. The molecule has 1 atom stereocenters. The highest BCUT2D eigenvalue weighted by atomic mass is 32.1. The van der Waals surface area contributed by atoms with Crippen molar-refractivity contribution in [3.8, 4) is 0 Å². The van der Waals surface area contributed by atoms with Crippen LogP contribution in [0.4, 0.5) is 0 Å². The lowest BCUT2D eigenvalue weighted by Gasteiger charge is -2.05. The fraction of sp³-hybridized carbons (Fsp3) is 0.357. The van der Waals surface area contributed by atoms with Gasteiger partial charge in [-0.05, 0) is 37.4 Å². The zero-order valence-corrected chi connectivity index (χ0v) is 11.9. The van der Waals surface area contributed by atoms with Crippen LogP contribution < -0.4 is 0 Å². The first-order valence-corrected chi connectivity index (χ1v) is 6.96. The Labute approximate surface area is 117 Å². The van der Waals surface area contributed by atoms with E-state index in [2.05, 4.69) is 0 Å². The van der Waals surface area contributed by atoms with Crippen molar-refractivity contribution >= 4 is 17.3 Å². The van der Waals surface area contributed by atoms with Crippen molar-refractivity contribution in [2.24, 2.45) is 0 Å². The molecule has 4 nitrogen and oxygen atoms in total. The average molecular weight is 282 g/mol. The molecule has 0 amide bonds. The Balaban J connectivity index is 2.69. The van der Waals surface area contributed by atoms with Crippen LogP contribution in [0.1, 0.15) is 24.8 Å². The van der Waals surface area contributed by atoms with Gasteiger partial charge in [0.05, 0.1) is 19.3 Å². The SMILES string of the molecule is CCOC(=O)/C=C(\C=C\C(O)c1cccs1)OCC. The van der Waals surface area contributed by atoms with Gasteiger partial charge < -0.3 is 14.6 Å². The second-order valence-corrected chi connectivity index (χ2v) is 4.53. The maximum atomic E-state index is 11.3. The zero-order chi connectivity index (χ0) is 14.1. The summed E-state index contributed by atoms with van der Waals surface area (Å²) in [5, 5.41) is 11.8. The third-order valence-electron chi connectivity index (χ3n) is 2.14. The number of ether oxygens (including phenoxy) is 2. The third-order valence-corrected chi connectivity index (χ3v) is 3.08. The summed E-state index contributed by atoms with van der Waals surface area (Å²) in [6.07, 6.45) is 3.72. The number of hydrogen-bond acceptors (Lipinski definition) is 5. The summed E-state index contributed by atoms with van der Waals surface area (Å²) in [6, 6.07) is 3.71. The number of hydrogen-bond donors (Lipinski definition) is 1. The second-order valence-electron chi connectivity index (χ2n) is 3.55. The van der Waals surface area contributed by atoms with E-state index in [0.29, 0.717) is 19.0 Å². The van der Waals surface area contributed by atoms with Crippen molar-refractivity contribution in [3.63, 3.8) is 0 Å². The van der Waals surface area contributed by atoms with Gasteiger partial charge in [-0.15, -0.1) is 11.3 Å². The first-order valence-electron chi connectivity index (χ1n) is 6.08. The molecule has 0 saturated heterocycles. The molecular weight excluding hydrogens is 264 g/mol. The van der Waals surface area contributed by atoms with E-state index in [1.54, 1.807) is 19.1 Å². The van der Waals surface area contributed by atoms with Crippen molar-refractivity contribution in [1.82, 2.24) is 0 Å². The Morgan fingerprint density at radius 3 is 2.74 bits per heavy atom. The smallest absolute Gasteiger partial charge is 0.334 e. The lowest BCUT2D eigenvalue weighted by molar-refractivity contribution is -0.137. The highest BCUT2D eigenvalue weighted by molar-refractivity contribution is 7.10. The second kappa shape index (κ2) is 8.50. The number of aliphatic hydroxyl groups is 1. The van der Waals surface area contributed by atoms with E-state index < -0.39 is 12.1 Å². The first-order chi connectivity index (χ1) is 9.17. The normalized spacial score (nSPS) is 13.5. The van der Waals surface area contributed by atoms with Gasteiger partial charge in [-0.25, -0.2) is 4.79 Å².